The van der Waals surface area contributed by atoms with Crippen LogP contribution in [0.2, 0.25) is 0 Å². The van der Waals surface area contributed by atoms with Crippen molar-refractivity contribution in [2.24, 2.45) is 10.8 Å². The molecule has 0 aromatic heterocycles. The van der Waals surface area contributed by atoms with Gasteiger partial charge in [0.1, 0.15) is 5.78 Å². The molecule has 3 rings (SSSR count). The third-order valence-corrected chi connectivity index (χ3v) is 8.13. The average Bonchev–Trinajstić information content (AvgIpc) is 2.73. The van der Waals surface area contributed by atoms with Crippen molar-refractivity contribution in [3.8, 4) is 0 Å². The van der Waals surface area contributed by atoms with Gasteiger partial charge in [0.2, 0.25) is 10.0 Å². The summed E-state index contributed by atoms with van der Waals surface area (Å²) in [6, 6.07) is 6.99. The van der Waals surface area contributed by atoms with E-state index in [1.807, 2.05) is 26.0 Å². The lowest BCUT2D eigenvalue weighted by Gasteiger charge is -2.32. The van der Waals surface area contributed by atoms with E-state index < -0.39 is 15.4 Å². The van der Waals surface area contributed by atoms with Gasteiger partial charge < -0.3 is 0 Å². The normalized spacial score (nSPS) is 30.3. The Bertz CT molecular complexity index is 812. The van der Waals surface area contributed by atoms with Gasteiger partial charge in [-0.05, 0) is 50.7 Å². The lowest BCUT2D eigenvalue weighted by atomic mass is 9.73. The van der Waals surface area contributed by atoms with Crippen LogP contribution in [-0.2, 0) is 14.8 Å². The van der Waals surface area contributed by atoms with Crippen molar-refractivity contribution in [3.63, 3.8) is 0 Å². The van der Waals surface area contributed by atoms with E-state index in [-0.39, 0.29) is 11.2 Å². The molecule has 0 spiro atoms. The largest absolute Gasteiger partial charge is 0.299 e. The summed E-state index contributed by atoms with van der Waals surface area (Å²) in [5, 5.41) is 0. The van der Waals surface area contributed by atoms with Gasteiger partial charge in [-0.1, -0.05) is 36.8 Å². The topological polar surface area (TPSA) is 54.5 Å². The number of sulfonamides is 1. The van der Waals surface area contributed by atoms with Gasteiger partial charge in [0, 0.05) is 19.5 Å². The lowest BCUT2D eigenvalue weighted by Crippen LogP contribution is -2.41. The third-order valence-electron chi connectivity index (χ3n) is 6.27. The summed E-state index contributed by atoms with van der Waals surface area (Å²) in [6.45, 7) is 10.8. The minimum absolute atomic E-state index is 0.245. The Balaban J connectivity index is 2.00. The molecule has 2 fully saturated rings. The number of aryl methyl sites for hydroxylation is 1. The molecule has 1 aliphatic carbocycles. The summed E-state index contributed by atoms with van der Waals surface area (Å²) in [5.41, 5.74) is 1.09. The lowest BCUT2D eigenvalue weighted by molar-refractivity contribution is -0.124. The maximum absolute atomic E-state index is 13.2. The second kappa shape index (κ2) is 6.06. The van der Waals surface area contributed by atoms with E-state index in [9.17, 15) is 13.2 Å². The monoisotopic (exact) mass is 361 g/mol. The second-order valence-electron chi connectivity index (χ2n) is 7.89. The number of nitrogens with zero attached hydrogens (tertiary/aromatic N) is 1. The molecule has 1 heterocycles. The van der Waals surface area contributed by atoms with Crippen LogP contribution in [0.15, 0.2) is 41.3 Å². The van der Waals surface area contributed by atoms with Crippen molar-refractivity contribution in [1.29, 1.82) is 0 Å². The molecule has 4 nitrogen and oxygen atoms in total. The fourth-order valence-electron chi connectivity index (χ4n) is 4.45. The molecule has 2 atom stereocenters. The molecule has 1 aromatic carbocycles. The van der Waals surface area contributed by atoms with Crippen LogP contribution in [0.25, 0.3) is 0 Å². The number of ketones is 1. The van der Waals surface area contributed by atoms with Gasteiger partial charge in [-0.15, -0.1) is 0 Å². The van der Waals surface area contributed by atoms with Gasteiger partial charge in [0.05, 0.1) is 10.3 Å². The Morgan fingerprint density at radius 2 is 1.92 bits per heavy atom. The Hall–Kier alpha value is -1.46. The number of benzene rings is 1. The van der Waals surface area contributed by atoms with E-state index >= 15 is 0 Å². The van der Waals surface area contributed by atoms with E-state index in [0.29, 0.717) is 30.8 Å². The molecule has 1 aliphatic heterocycles. The number of carbonyl (C=O) groups excluding carboxylic acids is 1. The maximum Gasteiger partial charge on any atom is 0.243 e. The van der Waals surface area contributed by atoms with Crippen molar-refractivity contribution in [3.05, 3.63) is 42.0 Å². The molecule has 1 saturated heterocycles. The van der Waals surface area contributed by atoms with Gasteiger partial charge in [0.15, 0.2) is 0 Å². The Labute approximate surface area is 151 Å². The molecular weight excluding hydrogens is 334 g/mol. The first kappa shape index (κ1) is 18.3. The van der Waals surface area contributed by atoms with Crippen LogP contribution in [0, 0.1) is 17.8 Å². The van der Waals surface area contributed by atoms with Crippen LogP contribution in [-0.4, -0.2) is 31.6 Å². The van der Waals surface area contributed by atoms with Gasteiger partial charge >= 0.3 is 0 Å². The number of hydrogen-bond donors (Lipinski definition) is 0. The zero-order valence-electron chi connectivity index (χ0n) is 15.3. The fourth-order valence-corrected chi connectivity index (χ4v) is 6.00. The van der Waals surface area contributed by atoms with Crippen molar-refractivity contribution in [1.82, 2.24) is 4.31 Å². The van der Waals surface area contributed by atoms with E-state index in [2.05, 4.69) is 13.5 Å². The van der Waals surface area contributed by atoms with Crippen LogP contribution in [0.5, 0.6) is 0 Å². The van der Waals surface area contributed by atoms with Gasteiger partial charge in [-0.3, -0.25) is 4.79 Å². The van der Waals surface area contributed by atoms with Crippen LogP contribution < -0.4 is 0 Å². The fraction of sp³-hybridized carbons (Fsp3) is 0.550. The van der Waals surface area contributed by atoms with E-state index in [4.69, 9.17) is 0 Å². The predicted molar refractivity (Wildman–Crippen MR) is 98.8 cm³/mol. The Kier molecular flexibility index (Phi) is 4.44. The molecule has 1 aromatic rings. The van der Waals surface area contributed by atoms with E-state index in [1.54, 1.807) is 16.4 Å². The molecule has 5 heteroatoms. The van der Waals surface area contributed by atoms with Crippen molar-refractivity contribution in [2.75, 3.05) is 13.1 Å². The Morgan fingerprint density at radius 3 is 2.48 bits per heavy atom. The summed E-state index contributed by atoms with van der Waals surface area (Å²) in [5.74, 6) is 0.245. The highest BCUT2D eigenvalue weighted by molar-refractivity contribution is 7.89. The molecule has 1 saturated carbocycles. The highest BCUT2D eigenvalue weighted by Gasteiger charge is 2.57. The SMILES string of the molecule is C=C(C)[C@]12CCN(S(=O)(=O)c3ccc(C)cc3)C[C@](CC)(CC1=O)C2. The maximum atomic E-state index is 13.2. The van der Waals surface area contributed by atoms with Gasteiger partial charge in [0.25, 0.3) is 0 Å². The molecule has 0 radical (unpaired) electrons. The molecule has 136 valence electrons. The number of carbonyl (C=O) groups is 1. The third kappa shape index (κ3) is 2.87. The second-order valence-corrected chi connectivity index (χ2v) is 9.83. The number of Topliss-reactive ketones (excluding diaryl/α,β-unsaturated/α-hetero) is 1. The highest BCUT2D eigenvalue weighted by Crippen LogP contribution is 2.56. The van der Waals surface area contributed by atoms with Crippen LogP contribution in [0.1, 0.15) is 45.1 Å². The number of rotatable bonds is 4. The van der Waals surface area contributed by atoms with Crippen molar-refractivity contribution < 1.29 is 13.2 Å². The van der Waals surface area contributed by atoms with Crippen molar-refractivity contribution in [2.45, 2.75) is 51.3 Å². The van der Waals surface area contributed by atoms with Gasteiger partial charge in [-0.2, -0.15) is 4.31 Å². The summed E-state index contributed by atoms with van der Waals surface area (Å²) < 4.78 is 27.9. The zero-order chi connectivity index (χ0) is 18.5. The summed E-state index contributed by atoms with van der Waals surface area (Å²) in [6.07, 6.45) is 2.52. The minimum atomic E-state index is -3.55. The Morgan fingerprint density at radius 1 is 1.28 bits per heavy atom. The zero-order valence-corrected chi connectivity index (χ0v) is 16.2. The molecule has 25 heavy (non-hydrogen) atoms. The smallest absolute Gasteiger partial charge is 0.243 e. The average molecular weight is 362 g/mol. The molecule has 0 amide bonds. The summed E-state index contributed by atoms with van der Waals surface area (Å²) in [7, 11) is -3.55. The quantitative estimate of drug-likeness (QED) is 0.768. The minimum Gasteiger partial charge on any atom is -0.299 e. The van der Waals surface area contributed by atoms with Crippen LogP contribution in [0.3, 0.4) is 0 Å². The molecule has 0 unspecified atom stereocenters. The highest BCUT2D eigenvalue weighted by atomic mass is 32.2. The molecular formula is C20H27NO3S. The first-order valence-electron chi connectivity index (χ1n) is 8.91. The summed E-state index contributed by atoms with van der Waals surface area (Å²) >= 11 is 0. The van der Waals surface area contributed by atoms with E-state index in [1.165, 1.54) is 0 Å². The molecule has 2 bridgehead atoms. The van der Waals surface area contributed by atoms with Gasteiger partial charge in [-0.25, -0.2) is 8.42 Å². The molecule has 0 N–H and O–H groups in total. The first-order valence-corrected chi connectivity index (χ1v) is 10.4. The number of hydrogen-bond acceptors (Lipinski definition) is 3. The van der Waals surface area contributed by atoms with Crippen molar-refractivity contribution >= 4 is 15.8 Å². The molecule has 2 aliphatic rings. The number of fused-ring (bicyclic) bond motifs is 2. The first-order chi connectivity index (χ1) is 11.7. The van der Waals surface area contributed by atoms with E-state index in [0.717, 1.165) is 24.0 Å². The standard InChI is InChI=1S/C20H27NO3S/c1-5-19-12-18(22)20(13-19,15(2)3)10-11-21(14-19)25(23,24)17-8-6-16(4)7-9-17/h6-9H,2,5,10-14H2,1,3-4H3/t19-,20-/m1/s1. The van der Waals surface area contributed by atoms with Crippen LogP contribution >= 0.6 is 0 Å². The summed E-state index contributed by atoms with van der Waals surface area (Å²) in [4.78, 5) is 13.1. The number of allylic oxidation sites excluding steroid dienone is 1. The van der Waals surface area contributed by atoms with Crippen LogP contribution in [0.4, 0.5) is 0 Å². The predicted octanol–water partition coefficient (Wildman–Crippen LogP) is 3.71.